The fourth-order valence-electron chi connectivity index (χ4n) is 2.32. The van der Waals surface area contributed by atoms with Gasteiger partial charge in [0.05, 0.1) is 11.5 Å². The van der Waals surface area contributed by atoms with Crippen molar-refractivity contribution in [2.75, 3.05) is 13.2 Å². The zero-order chi connectivity index (χ0) is 19.4. The molecule has 0 aliphatic rings. The maximum Gasteiger partial charge on any atom is 0.354 e. The van der Waals surface area contributed by atoms with Crippen LogP contribution in [0.1, 0.15) is 21.0 Å². The predicted octanol–water partition coefficient (Wildman–Crippen LogP) is 2.04. The van der Waals surface area contributed by atoms with E-state index in [2.05, 4.69) is 4.98 Å². The number of nitrogens with zero attached hydrogens (tertiary/aromatic N) is 1. The Morgan fingerprint density at radius 3 is 2.26 bits per heavy atom. The third-order valence-electron chi connectivity index (χ3n) is 3.46. The number of aromatic nitrogens is 1. The number of fused-ring (bicyclic) bond motifs is 1. The Balaban J connectivity index is 1.70. The van der Waals surface area contributed by atoms with Gasteiger partial charge in [-0.15, -0.1) is 0 Å². The fourth-order valence-corrected chi connectivity index (χ4v) is 2.32. The van der Waals surface area contributed by atoms with Crippen LogP contribution in [0.25, 0.3) is 11.0 Å². The lowest BCUT2D eigenvalue weighted by molar-refractivity contribution is 0.0683. The van der Waals surface area contributed by atoms with Gasteiger partial charge in [0.2, 0.25) is 0 Å². The molecule has 0 aliphatic heterocycles. The van der Waals surface area contributed by atoms with Crippen molar-refractivity contribution in [2.24, 2.45) is 0 Å². The maximum atomic E-state index is 11.6. The van der Waals surface area contributed by atoms with Crippen LogP contribution >= 0.6 is 0 Å². The zero-order valence-electron chi connectivity index (χ0n) is 13.7. The predicted molar refractivity (Wildman–Crippen MR) is 91.6 cm³/mol. The van der Waals surface area contributed by atoms with Crippen molar-refractivity contribution in [2.45, 2.75) is 0 Å². The molecule has 0 fully saturated rings. The number of aromatic carboxylic acids is 2. The van der Waals surface area contributed by atoms with Crippen molar-refractivity contribution in [3.63, 3.8) is 0 Å². The number of para-hydroxylation sites is 1. The zero-order valence-corrected chi connectivity index (χ0v) is 13.7. The van der Waals surface area contributed by atoms with Crippen LogP contribution in [0, 0.1) is 0 Å². The van der Waals surface area contributed by atoms with Crippen LogP contribution in [0.3, 0.4) is 0 Å². The molecule has 1 aromatic carbocycles. The maximum absolute atomic E-state index is 11.6. The Bertz CT molecular complexity index is 1040. The first-order valence-electron chi connectivity index (χ1n) is 7.71. The number of hydrogen-bond donors (Lipinski definition) is 2. The van der Waals surface area contributed by atoms with Gasteiger partial charge < -0.3 is 24.1 Å². The highest BCUT2D eigenvalue weighted by atomic mass is 16.5. The molecule has 3 aromatic rings. The monoisotopic (exact) mass is 371 g/mol. The molecule has 0 radical (unpaired) electrons. The molecule has 0 atom stereocenters. The number of carbonyl (C=O) groups is 2. The van der Waals surface area contributed by atoms with E-state index in [1.807, 2.05) is 0 Å². The normalized spacial score (nSPS) is 10.5. The van der Waals surface area contributed by atoms with E-state index in [9.17, 15) is 14.4 Å². The number of carboxylic acid groups (broad SMARTS) is 2. The molecule has 0 bridgehead atoms. The van der Waals surface area contributed by atoms with Gasteiger partial charge in [0.1, 0.15) is 30.3 Å². The van der Waals surface area contributed by atoms with Gasteiger partial charge in [-0.05, 0) is 12.1 Å². The van der Waals surface area contributed by atoms with Crippen LogP contribution in [-0.2, 0) is 0 Å². The van der Waals surface area contributed by atoms with Gasteiger partial charge in [-0.2, -0.15) is 0 Å². The average molecular weight is 371 g/mol. The summed E-state index contributed by atoms with van der Waals surface area (Å²) >= 11 is 0. The molecule has 9 heteroatoms. The molecule has 2 aromatic heterocycles. The van der Waals surface area contributed by atoms with Crippen molar-refractivity contribution in [1.82, 2.24) is 4.98 Å². The minimum absolute atomic E-state index is 0.0172. The van der Waals surface area contributed by atoms with Crippen molar-refractivity contribution in [3.8, 4) is 11.5 Å². The van der Waals surface area contributed by atoms with E-state index in [1.54, 1.807) is 24.3 Å². The van der Waals surface area contributed by atoms with E-state index in [1.165, 1.54) is 6.07 Å². The van der Waals surface area contributed by atoms with E-state index < -0.39 is 29.0 Å². The molecule has 0 aliphatic carbocycles. The van der Waals surface area contributed by atoms with Crippen LogP contribution < -0.4 is 15.1 Å². The first kappa shape index (κ1) is 17.9. The first-order chi connectivity index (χ1) is 12.9. The number of rotatable bonds is 7. The highest BCUT2D eigenvalue weighted by Crippen LogP contribution is 2.23. The molecule has 27 heavy (non-hydrogen) atoms. The third kappa shape index (κ3) is 4.21. The molecule has 0 unspecified atom stereocenters. The molecule has 138 valence electrons. The molecule has 0 saturated heterocycles. The van der Waals surface area contributed by atoms with E-state index in [4.69, 9.17) is 24.1 Å². The number of pyridine rings is 1. The average Bonchev–Trinajstić information content (AvgIpc) is 2.64. The summed E-state index contributed by atoms with van der Waals surface area (Å²) in [6.07, 6.45) is 0. The lowest BCUT2D eigenvalue weighted by atomic mass is 10.2. The van der Waals surface area contributed by atoms with Gasteiger partial charge >= 0.3 is 17.6 Å². The third-order valence-corrected chi connectivity index (χ3v) is 3.46. The number of carboxylic acids is 2. The summed E-state index contributed by atoms with van der Waals surface area (Å²) in [6, 6.07) is 10.3. The minimum atomic E-state index is -1.37. The summed E-state index contributed by atoms with van der Waals surface area (Å²) in [5.74, 6) is -2.40. The SMILES string of the molecule is O=C(O)c1cc(OCCOc2cc(=O)oc3ccccc23)cc(C(=O)O)n1. The quantitative estimate of drug-likeness (QED) is 0.472. The van der Waals surface area contributed by atoms with E-state index in [-0.39, 0.29) is 19.0 Å². The standard InChI is InChI=1S/C18H13NO8/c20-16-9-15(11-3-1-2-4-14(11)27-16)26-6-5-25-10-7-12(17(21)22)19-13(8-10)18(23)24/h1-4,7-9H,5-6H2,(H,21,22)(H,23,24). The summed E-state index contributed by atoms with van der Waals surface area (Å²) in [5.41, 5.74) is -1.07. The molecule has 0 amide bonds. The van der Waals surface area contributed by atoms with Crippen LogP contribution in [0.4, 0.5) is 0 Å². The van der Waals surface area contributed by atoms with Crippen molar-refractivity contribution in [1.29, 1.82) is 0 Å². The Morgan fingerprint density at radius 2 is 1.59 bits per heavy atom. The Hall–Kier alpha value is -3.88. The summed E-state index contributed by atoms with van der Waals surface area (Å²) in [4.78, 5) is 37.1. The Kier molecular flexibility index (Phi) is 5.02. The van der Waals surface area contributed by atoms with E-state index in [0.717, 1.165) is 12.1 Å². The van der Waals surface area contributed by atoms with E-state index >= 15 is 0 Å². The molecule has 0 spiro atoms. The summed E-state index contributed by atoms with van der Waals surface area (Å²) in [6.45, 7) is 0.0112. The summed E-state index contributed by atoms with van der Waals surface area (Å²) in [7, 11) is 0. The highest BCUT2D eigenvalue weighted by molar-refractivity contribution is 5.90. The highest BCUT2D eigenvalue weighted by Gasteiger charge is 2.14. The lowest BCUT2D eigenvalue weighted by Gasteiger charge is -2.10. The number of ether oxygens (including phenoxy) is 2. The second-order valence-corrected chi connectivity index (χ2v) is 5.31. The van der Waals surface area contributed by atoms with E-state index in [0.29, 0.717) is 16.7 Å². The second kappa shape index (κ2) is 7.56. The first-order valence-corrected chi connectivity index (χ1v) is 7.71. The molecule has 0 saturated carbocycles. The van der Waals surface area contributed by atoms with Gasteiger partial charge in [-0.1, -0.05) is 12.1 Å². The topological polar surface area (TPSA) is 136 Å². The molecular weight excluding hydrogens is 358 g/mol. The Labute approximate surface area is 151 Å². The van der Waals surface area contributed by atoms with Crippen molar-refractivity contribution in [3.05, 3.63) is 64.3 Å². The van der Waals surface area contributed by atoms with Gasteiger partial charge in [-0.25, -0.2) is 19.4 Å². The van der Waals surface area contributed by atoms with Gasteiger partial charge in [-0.3, -0.25) is 0 Å². The molecular formula is C18H13NO8. The largest absolute Gasteiger partial charge is 0.490 e. The van der Waals surface area contributed by atoms with Crippen LogP contribution in [0.2, 0.25) is 0 Å². The molecule has 2 heterocycles. The van der Waals surface area contributed by atoms with Crippen LogP contribution in [-0.4, -0.2) is 40.3 Å². The molecule has 9 nitrogen and oxygen atoms in total. The molecule has 2 N–H and O–H groups in total. The minimum Gasteiger partial charge on any atom is -0.490 e. The Morgan fingerprint density at radius 1 is 0.963 bits per heavy atom. The summed E-state index contributed by atoms with van der Waals surface area (Å²) in [5, 5.41) is 18.6. The van der Waals surface area contributed by atoms with Crippen molar-refractivity contribution < 1.29 is 33.7 Å². The van der Waals surface area contributed by atoms with Crippen LogP contribution in [0.5, 0.6) is 11.5 Å². The number of hydrogen-bond acceptors (Lipinski definition) is 7. The smallest absolute Gasteiger partial charge is 0.354 e. The second-order valence-electron chi connectivity index (χ2n) is 5.31. The van der Waals surface area contributed by atoms with Crippen LogP contribution in [0.15, 0.2) is 51.7 Å². The van der Waals surface area contributed by atoms with Crippen molar-refractivity contribution >= 4 is 22.9 Å². The van der Waals surface area contributed by atoms with Gasteiger partial charge in [0, 0.05) is 12.1 Å². The van der Waals surface area contributed by atoms with Gasteiger partial charge in [0.25, 0.3) is 0 Å². The molecule has 3 rings (SSSR count). The van der Waals surface area contributed by atoms with Gasteiger partial charge in [0.15, 0.2) is 11.4 Å². The summed E-state index contributed by atoms with van der Waals surface area (Å²) < 4.78 is 16.0. The lowest BCUT2D eigenvalue weighted by Crippen LogP contribution is -2.13. The fraction of sp³-hybridized carbons (Fsp3) is 0.111. The number of benzene rings is 1.